The number of hydrogen-bond acceptors (Lipinski definition) is 3. The highest BCUT2D eigenvalue weighted by Gasteiger charge is 2.27. The molecule has 0 spiro atoms. The average Bonchev–Trinajstić information content (AvgIpc) is 2.99. The molecule has 172 valence electrons. The predicted molar refractivity (Wildman–Crippen MR) is 131 cm³/mol. The molecule has 1 atom stereocenters. The molecular formula is C28H33N3O2. The Balaban J connectivity index is 1.52. The number of carbonyl (C=O) groups excluding carboxylic acids is 2. The summed E-state index contributed by atoms with van der Waals surface area (Å²) in [6.45, 7) is 2.28. The second kappa shape index (κ2) is 10.6. The van der Waals surface area contributed by atoms with Crippen LogP contribution in [-0.2, 0) is 35.4 Å². The third-order valence-corrected chi connectivity index (χ3v) is 6.66. The Hall–Kier alpha value is -3.21. The molecule has 0 aliphatic heterocycles. The number of hydrogen-bond donors (Lipinski definition) is 0. The minimum atomic E-state index is -0.416. The van der Waals surface area contributed by atoms with Crippen molar-refractivity contribution in [3.63, 3.8) is 0 Å². The van der Waals surface area contributed by atoms with Gasteiger partial charge in [-0.15, -0.1) is 0 Å². The Kier molecular flexibility index (Phi) is 7.38. The number of carbonyl (C=O) groups is 2. The summed E-state index contributed by atoms with van der Waals surface area (Å²) in [4.78, 5) is 28.4. The number of rotatable bonds is 8. The van der Waals surface area contributed by atoms with Gasteiger partial charge in [-0.2, -0.15) is 5.10 Å². The highest BCUT2D eigenvalue weighted by atomic mass is 16.2. The van der Waals surface area contributed by atoms with Crippen LogP contribution in [0.25, 0.3) is 0 Å². The van der Waals surface area contributed by atoms with Crippen molar-refractivity contribution >= 4 is 17.4 Å². The molecule has 3 aromatic rings. The van der Waals surface area contributed by atoms with Crippen LogP contribution in [0.15, 0.2) is 60.7 Å². The topological polar surface area (TPSA) is 55.2 Å². The number of aromatic nitrogens is 2. The number of benzene rings is 2. The highest BCUT2D eigenvalue weighted by molar-refractivity contribution is 5.97. The number of aryl methyl sites for hydroxylation is 1. The number of amides is 1. The summed E-state index contributed by atoms with van der Waals surface area (Å²) in [5.74, 6) is -0.394. The summed E-state index contributed by atoms with van der Waals surface area (Å²) in [5.41, 5.74) is 5.47. The molecule has 4 rings (SSSR count). The van der Waals surface area contributed by atoms with Gasteiger partial charge in [0, 0.05) is 30.8 Å². The normalized spacial score (nSPS) is 14.2. The number of fused-ring (bicyclic) bond motifs is 1. The first-order valence-corrected chi connectivity index (χ1v) is 12.0. The minimum absolute atomic E-state index is 0.0334. The molecule has 0 N–H and O–H groups in total. The number of Topliss-reactive ketones (excluding diaryl/α,β-unsaturated/α-hetero) is 1. The van der Waals surface area contributed by atoms with E-state index in [4.69, 9.17) is 5.10 Å². The van der Waals surface area contributed by atoms with Crippen LogP contribution in [0, 0.1) is 12.8 Å². The number of nitrogens with zero attached hydrogens (tertiary/aromatic N) is 3. The van der Waals surface area contributed by atoms with E-state index >= 15 is 0 Å². The summed E-state index contributed by atoms with van der Waals surface area (Å²) in [7, 11) is 1.79. The van der Waals surface area contributed by atoms with Gasteiger partial charge < -0.3 is 4.90 Å². The molecule has 1 heterocycles. The van der Waals surface area contributed by atoms with Gasteiger partial charge in [0.15, 0.2) is 5.78 Å². The molecule has 1 aliphatic carbocycles. The van der Waals surface area contributed by atoms with Crippen molar-refractivity contribution in [2.24, 2.45) is 5.92 Å². The van der Waals surface area contributed by atoms with Crippen molar-refractivity contribution in [2.45, 2.75) is 58.4 Å². The van der Waals surface area contributed by atoms with Gasteiger partial charge in [-0.3, -0.25) is 14.3 Å². The molecule has 0 saturated heterocycles. The molecule has 1 aromatic heterocycles. The summed E-state index contributed by atoms with van der Waals surface area (Å²) < 4.78 is 1.91. The molecule has 1 aliphatic rings. The zero-order valence-corrected chi connectivity index (χ0v) is 19.7. The van der Waals surface area contributed by atoms with Crippen molar-refractivity contribution in [1.29, 1.82) is 0 Å². The minimum Gasteiger partial charge on any atom is -0.315 e. The van der Waals surface area contributed by atoms with Crippen LogP contribution in [0.3, 0.4) is 0 Å². The first-order chi connectivity index (χ1) is 16.0. The molecule has 0 bridgehead atoms. The summed E-state index contributed by atoms with van der Waals surface area (Å²) >= 11 is 0. The first kappa shape index (κ1) is 23.0. The Labute approximate surface area is 196 Å². The van der Waals surface area contributed by atoms with Crippen LogP contribution in [0.5, 0.6) is 0 Å². The maximum atomic E-state index is 13.5. The Morgan fingerprint density at radius 1 is 0.970 bits per heavy atom. The van der Waals surface area contributed by atoms with Gasteiger partial charge in [-0.1, -0.05) is 55.0 Å². The first-order valence-electron chi connectivity index (χ1n) is 12.0. The third-order valence-electron chi connectivity index (χ3n) is 6.66. The van der Waals surface area contributed by atoms with Gasteiger partial charge in [0.05, 0.1) is 12.2 Å². The highest BCUT2D eigenvalue weighted by Crippen LogP contribution is 2.25. The molecule has 0 radical (unpaired) electrons. The lowest BCUT2D eigenvalue weighted by Crippen LogP contribution is -2.35. The van der Waals surface area contributed by atoms with Gasteiger partial charge in [-0.05, 0) is 62.3 Å². The van der Waals surface area contributed by atoms with Crippen molar-refractivity contribution in [1.82, 2.24) is 9.78 Å². The fourth-order valence-corrected chi connectivity index (χ4v) is 4.88. The summed E-state index contributed by atoms with van der Waals surface area (Å²) in [5, 5.41) is 4.69. The van der Waals surface area contributed by atoms with Crippen molar-refractivity contribution < 1.29 is 9.59 Å². The molecule has 33 heavy (non-hydrogen) atoms. The van der Waals surface area contributed by atoms with E-state index in [1.165, 1.54) is 24.1 Å². The monoisotopic (exact) mass is 443 g/mol. The van der Waals surface area contributed by atoms with E-state index in [0.717, 1.165) is 36.2 Å². The van der Waals surface area contributed by atoms with Gasteiger partial charge >= 0.3 is 0 Å². The van der Waals surface area contributed by atoms with Crippen molar-refractivity contribution in [3.05, 3.63) is 83.2 Å². The smallest absolute Gasteiger partial charge is 0.230 e. The molecule has 5 nitrogen and oxygen atoms in total. The SMILES string of the molecule is Cc1nn(CC(=O)C[C@@H](Cc2ccccc2)C(=O)N(C)c2ccccc2)c2c1CCCCC2. The van der Waals surface area contributed by atoms with Crippen LogP contribution in [0.2, 0.25) is 0 Å². The molecule has 0 unspecified atom stereocenters. The molecule has 5 heteroatoms. The quantitative estimate of drug-likeness (QED) is 0.463. The third kappa shape index (κ3) is 5.59. The number of para-hydroxylation sites is 1. The molecule has 2 aromatic carbocycles. The predicted octanol–water partition coefficient (Wildman–Crippen LogP) is 4.94. The Bertz CT molecular complexity index is 1090. The maximum Gasteiger partial charge on any atom is 0.230 e. The van der Waals surface area contributed by atoms with Crippen LogP contribution >= 0.6 is 0 Å². The van der Waals surface area contributed by atoms with E-state index < -0.39 is 5.92 Å². The average molecular weight is 444 g/mol. The van der Waals surface area contributed by atoms with Gasteiger partial charge in [0.25, 0.3) is 0 Å². The second-order valence-electron chi connectivity index (χ2n) is 9.09. The lowest BCUT2D eigenvalue weighted by atomic mass is 9.92. The molecular weight excluding hydrogens is 410 g/mol. The van der Waals surface area contributed by atoms with Crippen LogP contribution in [0.4, 0.5) is 5.69 Å². The Morgan fingerprint density at radius 3 is 2.36 bits per heavy atom. The lowest BCUT2D eigenvalue weighted by molar-refractivity contribution is -0.127. The summed E-state index contributed by atoms with van der Waals surface area (Å²) in [6.07, 6.45) is 6.33. The zero-order chi connectivity index (χ0) is 23.2. The standard InChI is InChI=1S/C28H33N3O2/c1-21-26-16-10-5-11-17-27(26)31(29-21)20-25(32)19-23(18-22-12-6-3-7-13-22)28(33)30(2)24-14-8-4-9-15-24/h3-4,6-9,12-15,23H,5,10-11,16-20H2,1-2H3/t23-/m1/s1. The van der Waals surface area contributed by atoms with Crippen LogP contribution < -0.4 is 4.90 Å². The summed E-state index contributed by atoms with van der Waals surface area (Å²) in [6, 6.07) is 19.6. The van der Waals surface area contributed by atoms with Crippen molar-refractivity contribution in [3.8, 4) is 0 Å². The lowest BCUT2D eigenvalue weighted by Gasteiger charge is -2.24. The van der Waals surface area contributed by atoms with Gasteiger partial charge in [0.1, 0.15) is 0 Å². The second-order valence-corrected chi connectivity index (χ2v) is 9.09. The van der Waals surface area contributed by atoms with E-state index in [9.17, 15) is 9.59 Å². The number of anilines is 1. The van der Waals surface area contributed by atoms with E-state index in [1.807, 2.05) is 72.3 Å². The number of ketones is 1. The largest absolute Gasteiger partial charge is 0.315 e. The zero-order valence-electron chi connectivity index (χ0n) is 19.7. The molecule has 0 fully saturated rings. The van der Waals surface area contributed by atoms with Gasteiger partial charge in [0.2, 0.25) is 5.91 Å². The fourth-order valence-electron chi connectivity index (χ4n) is 4.88. The van der Waals surface area contributed by atoms with Gasteiger partial charge in [-0.25, -0.2) is 0 Å². The Morgan fingerprint density at radius 2 is 1.64 bits per heavy atom. The maximum absolute atomic E-state index is 13.5. The van der Waals surface area contributed by atoms with Crippen LogP contribution in [0.1, 0.15) is 48.2 Å². The van der Waals surface area contributed by atoms with E-state index in [1.54, 1.807) is 11.9 Å². The molecule has 1 amide bonds. The fraction of sp³-hybridized carbons (Fsp3) is 0.393. The van der Waals surface area contributed by atoms with Crippen molar-refractivity contribution in [2.75, 3.05) is 11.9 Å². The van der Waals surface area contributed by atoms with E-state index in [-0.39, 0.29) is 24.7 Å². The van der Waals surface area contributed by atoms with E-state index in [0.29, 0.717) is 6.42 Å². The molecule has 0 saturated carbocycles. The van der Waals surface area contributed by atoms with E-state index in [2.05, 4.69) is 0 Å². The van der Waals surface area contributed by atoms with Crippen LogP contribution in [-0.4, -0.2) is 28.5 Å².